The molecule has 0 aromatic rings. The van der Waals surface area contributed by atoms with Crippen LogP contribution in [0.25, 0.3) is 0 Å². The monoisotopic (exact) mass is 228 g/mol. The van der Waals surface area contributed by atoms with Crippen LogP contribution in [0.5, 0.6) is 0 Å². The first-order valence-corrected chi connectivity index (χ1v) is 6.67. The highest BCUT2D eigenvalue weighted by atomic mass is 16.1. The van der Waals surface area contributed by atoms with Gasteiger partial charge >= 0.3 is 0 Å². The molecule has 0 fully saturated rings. The largest absolute Gasteiger partial charge is 0.355 e. The number of unbranched alkanes of at least 4 members (excludes halogenated alkanes) is 4. The van der Waals surface area contributed by atoms with Gasteiger partial charge < -0.3 is 10.6 Å². The molecule has 0 aromatic heterocycles. The van der Waals surface area contributed by atoms with Gasteiger partial charge in [-0.3, -0.25) is 4.79 Å². The van der Waals surface area contributed by atoms with E-state index in [4.69, 9.17) is 0 Å². The van der Waals surface area contributed by atoms with Crippen LogP contribution in [-0.2, 0) is 4.79 Å². The number of carbonyl (C=O) groups is 1. The minimum absolute atomic E-state index is 0.196. The Morgan fingerprint density at radius 3 is 2.38 bits per heavy atom. The summed E-state index contributed by atoms with van der Waals surface area (Å²) >= 11 is 0. The van der Waals surface area contributed by atoms with Crippen LogP contribution >= 0.6 is 0 Å². The summed E-state index contributed by atoms with van der Waals surface area (Å²) in [5.41, 5.74) is 0. The molecule has 0 aromatic carbocycles. The Hall–Kier alpha value is -0.570. The molecule has 0 aliphatic heterocycles. The molecule has 3 nitrogen and oxygen atoms in total. The number of carbonyl (C=O) groups excluding carboxylic acids is 1. The maximum Gasteiger partial charge on any atom is 0.220 e. The number of amides is 1. The van der Waals surface area contributed by atoms with Crippen molar-refractivity contribution < 1.29 is 4.79 Å². The normalized spacial score (nSPS) is 10.8. The van der Waals surface area contributed by atoms with Gasteiger partial charge in [-0.05, 0) is 6.42 Å². The van der Waals surface area contributed by atoms with Crippen molar-refractivity contribution in [1.29, 1.82) is 0 Å². The number of hydrogen-bond acceptors (Lipinski definition) is 2. The van der Waals surface area contributed by atoms with Crippen LogP contribution in [0.2, 0.25) is 0 Å². The minimum atomic E-state index is 0.196. The van der Waals surface area contributed by atoms with Gasteiger partial charge in [0.2, 0.25) is 5.91 Å². The molecule has 0 spiro atoms. The van der Waals surface area contributed by atoms with Crippen molar-refractivity contribution in [2.24, 2.45) is 0 Å². The lowest BCUT2D eigenvalue weighted by Crippen LogP contribution is -2.34. The van der Waals surface area contributed by atoms with Crippen molar-refractivity contribution >= 4 is 5.91 Å². The molecule has 1 amide bonds. The lowest BCUT2D eigenvalue weighted by Gasteiger charge is -2.09. The summed E-state index contributed by atoms with van der Waals surface area (Å²) in [6.07, 6.45) is 6.71. The number of hydrogen-bond donors (Lipinski definition) is 2. The van der Waals surface area contributed by atoms with Crippen LogP contribution in [0.3, 0.4) is 0 Å². The second-order valence-electron chi connectivity index (χ2n) is 4.62. The molecule has 0 heterocycles. The second kappa shape index (κ2) is 10.9. The van der Waals surface area contributed by atoms with E-state index in [0.29, 0.717) is 12.5 Å². The highest BCUT2D eigenvalue weighted by Gasteiger charge is 2.00. The molecule has 0 saturated carbocycles. The smallest absolute Gasteiger partial charge is 0.220 e. The Bertz CT molecular complexity index is 169. The van der Waals surface area contributed by atoms with Crippen molar-refractivity contribution in [2.45, 2.75) is 65.3 Å². The third-order valence-corrected chi connectivity index (χ3v) is 2.51. The maximum atomic E-state index is 11.4. The Balaban J connectivity index is 3.18. The number of nitrogens with one attached hydrogen (secondary N) is 2. The molecule has 0 atom stereocenters. The average molecular weight is 228 g/mol. The first-order chi connectivity index (χ1) is 7.66. The topological polar surface area (TPSA) is 41.1 Å². The van der Waals surface area contributed by atoms with E-state index in [-0.39, 0.29) is 5.91 Å². The zero-order valence-electron chi connectivity index (χ0n) is 11.1. The van der Waals surface area contributed by atoms with E-state index in [9.17, 15) is 4.79 Å². The molecule has 16 heavy (non-hydrogen) atoms. The van der Waals surface area contributed by atoms with Gasteiger partial charge in [-0.2, -0.15) is 0 Å². The van der Waals surface area contributed by atoms with Crippen LogP contribution in [0, 0.1) is 0 Å². The highest BCUT2D eigenvalue weighted by molar-refractivity contribution is 5.75. The Kier molecular flexibility index (Phi) is 10.5. The van der Waals surface area contributed by atoms with Gasteiger partial charge in [0.1, 0.15) is 0 Å². The molecule has 0 aliphatic carbocycles. The van der Waals surface area contributed by atoms with E-state index >= 15 is 0 Å². The van der Waals surface area contributed by atoms with Crippen LogP contribution in [-0.4, -0.2) is 25.0 Å². The SMILES string of the molecule is CCCCCCCC(=O)NCCNC(C)C. The fraction of sp³-hybridized carbons (Fsp3) is 0.923. The summed E-state index contributed by atoms with van der Waals surface area (Å²) in [4.78, 5) is 11.4. The van der Waals surface area contributed by atoms with Crippen LogP contribution in [0.1, 0.15) is 59.3 Å². The van der Waals surface area contributed by atoms with Crippen LogP contribution in [0.15, 0.2) is 0 Å². The van der Waals surface area contributed by atoms with Crippen molar-refractivity contribution in [2.75, 3.05) is 13.1 Å². The van der Waals surface area contributed by atoms with Crippen molar-refractivity contribution in [3.8, 4) is 0 Å². The standard InChI is InChI=1S/C13H28N2O/c1-4-5-6-7-8-9-13(16)15-11-10-14-12(2)3/h12,14H,4-11H2,1-3H3,(H,15,16). The Morgan fingerprint density at radius 1 is 1.06 bits per heavy atom. The van der Waals surface area contributed by atoms with Gasteiger partial charge in [-0.1, -0.05) is 46.5 Å². The quantitative estimate of drug-likeness (QED) is 0.564. The molecule has 0 bridgehead atoms. The second-order valence-corrected chi connectivity index (χ2v) is 4.62. The van der Waals surface area contributed by atoms with Crippen molar-refractivity contribution in [3.05, 3.63) is 0 Å². The van der Waals surface area contributed by atoms with Gasteiger partial charge in [0.25, 0.3) is 0 Å². The minimum Gasteiger partial charge on any atom is -0.355 e. The van der Waals surface area contributed by atoms with Gasteiger partial charge in [-0.15, -0.1) is 0 Å². The summed E-state index contributed by atoms with van der Waals surface area (Å²) in [5, 5.41) is 6.20. The average Bonchev–Trinajstić information content (AvgIpc) is 2.24. The summed E-state index contributed by atoms with van der Waals surface area (Å²) < 4.78 is 0. The third kappa shape index (κ3) is 11.5. The molecule has 0 radical (unpaired) electrons. The molecule has 0 unspecified atom stereocenters. The number of rotatable bonds is 10. The lowest BCUT2D eigenvalue weighted by atomic mass is 10.1. The predicted molar refractivity (Wildman–Crippen MR) is 69.5 cm³/mol. The van der Waals surface area contributed by atoms with E-state index < -0.39 is 0 Å². The molecular formula is C13H28N2O. The zero-order valence-corrected chi connectivity index (χ0v) is 11.1. The lowest BCUT2D eigenvalue weighted by molar-refractivity contribution is -0.121. The highest BCUT2D eigenvalue weighted by Crippen LogP contribution is 2.04. The van der Waals surface area contributed by atoms with E-state index in [1.54, 1.807) is 0 Å². The van der Waals surface area contributed by atoms with E-state index in [0.717, 1.165) is 19.5 Å². The molecule has 96 valence electrons. The van der Waals surface area contributed by atoms with Gasteiger partial charge in [0.05, 0.1) is 0 Å². The molecule has 0 aliphatic rings. The molecule has 0 rings (SSSR count). The summed E-state index contributed by atoms with van der Waals surface area (Å²) in [7, 11) is 0. The first-order valence-electron chi connectivity index (χ1n) is 6.67. The van der Waals surface area contributed by atoms with Crippen molar-refractivity contribution in [3.63, 3.8) is 0 Å². The molecule has 2 N–H and O–H groups in total. The molecular weight excluding hydrogens is 200 g/mol. The maximum absolute atomic E-state index is 11.4. The van der Waals surface area contributed by atoms with Crippen LogP contribution in [0.4, 0.5) is 0 Å². The van der Waals surface area contributed by atoms with Gasteiger partial charge in [-0.25, -0.2) is 0 Å². The predicted octanol–water partition coefficient (Wildman–Crippen LogP) is 2.46. The van der Waals surface area contributed by atoms with Gasteiger partial charge in [0, 0.05) is 25.6 Å². The summed E-state index contributed by atoms with van der Waals surface area (Å²) in [5.74, 6) is 0.196. The van der Waals surface area contributed by atoms with E-state index in [2.05, 4.69) is 31.4 Å². The fourth-order valence-corrected chi connectivity index (χ4v) is 1.54. The third-order valence-electron chi connectivity index (χ3n) is 2.51. The summed E-state index contributed by atoms with van der Waals surface area (Å²) in [6.45, 7) is 8.02. The van der Waals surface area contributed by atoms with Gasteiger partial charge in [0.15, 0.2) is 0 Å². The van der Waals surface area contributed by atoms with Crippen molar-refractivity contribution in [1.82, 2.24) is 10.6 Å². The molecule has 0 saturated heterocycles. The Morgan fingerprint density at radius 2 is 1.75 bits per heavy atom. The zero-order chi connectivity index (χ0) is 12.2. The van der Waals surface area contributed by atoms with Crippen LogP contribution < -0.4 is 10.6 Å². The Labute approximate surface area is 100 Å². The van der Waals surface area contributed by atoms with E-state index in [1.165, 1.54) is 25.7 Å². The molecule has 3 heteroatoms. The van der Waals surface area contributed by atoms with E-state index in [1.807, 2.05) is 0 Å². The summed E-state index contributed by atoms with van der Waals surface area (Å²) in [6, 6.07) is 0.492. The fourth-order valence-electron chi connectivity index (χ4n) is 1.54. The first kappa shape index (κ1) is 15.4.